The molecule has 0 saturated carbocycles. The molecule has 0 atom stereocenters. The van der Waals surface area contributed by atoms with Crippen LogP contribution in [0.2, 0.25) is 0 Å². The Balaban J connectivity index is 2.48. The first kappa shape index (κ1) is 18.7. The number of hydrogen-bond acceptors (Lipinski definition) is 5. The fourth-order valence-electron chi connectivity index (χ4n) is 1.96. The molecule has 0 heterocycles. The molecule has 0 spiro atoms. The van der Waals surface area contributed by atoms with Gasteiger partial charge in [-0.05, 0) is 5.56 Å². The molecule has 124 valence electrons. The predicted octanol–water partition coefficient (Wildman–Crippen LogP) is 1.90. The van der Waals surface area contributed by atoms with Gasteiger partial charge in [-0.1, -0.05) is 30.3 Å². The lowest BCUT2D eigenvalue weighted by Gasteiger charge is -2.21. The highest BCUT2D eigenvalue weighted by Gasteiger charge is 2.15. The number of nitriles is 1. The van der Waals surface area contributed by atoms with Gasteiger partial charge in [-0.25, -0.2) is 0 Å². The summed E-state index contributed by atoms with van der Waals surface area (Å²) in [6.07, 6.45) is 0.362. The maximum absolute atomic E-state index is 12.3. The largest absolute Gasteiger partial charge is 0.463 e. The summed E-state index contributed by atoms with van der Waals surface area (Å²) in [7, 11) is 1.52. The molecule has 6 heteroatoms. The van der Waals surface area contributed by atoms with E-state index in [0.717, 1.165) is 5.56 Å². The molecule has 0 saturated heterocycles. The first-order valence-electron chi connectivity index (χ1n) is 7.50. The second kappa shape index (κ2) is 11.2. The minimum atomic E-state index is -0.421. The lowest BCUT2D eigenvalue weighted by molar-refractivity contribution is -0.147. The standard InChI is InChI=1S/C17H22N2O4/c1-22-12-13-23-17(21)9-8-16(20)19(11-5-10-18)14-15-6-3-2-4-7-15/h2-4,6-7H,5,8-9,11-14H2,1H3. The maximum atomic E-state index is 12.3. The van der Waals surface area contributed by atoms with Crippen LogP contribution in [0.25, 0.3) is 0 Å². The Morgan fingerprint density at radius 2 is 1.91 bits per heavy atom. The van der Waals surface area contributed by atoms with Crippen molar-refractivity contribution in [3.63, 3.8) is 0 Å². The van der Waals surface area contributed by atoms with E-state index in [0.29, 0.717) is 19.7 Å². The van der Waals surface area contributed by atoms with Crippen molar-refractivity contribution in [3.05, 3.63) is 35.9 Å². The molecule has 0 aliphatic rings. The van der Waals surface area contributed by atoms with E-state index in [1.54, 1.807) is 4.90 Å². The lowest BCUT2D eigenvalue weighted by atomic mass is 10.2. The zero-order valence-electron chi connectivity index (χ0n) is 13.4. The van der Waals surface area contributed by atoms with Gasteiger partial charge in [0.2, 0.25) is 5.91 Å². The second-order valence-corrected chi connectivity index (χ2v) is 4.92. The fourth-order valence-corrected chi connectivity index (χ4v) is 1.96. The van der Waals surface area contributed by atoms with E-state index < -0.39 is 5.97 Å². The molecule has 1 aromatic carbocycles. The van der Waals surface area contributed by atoms with Crippen molar-refractivity contribution in [2.24, 2.45) is 0 Å². The van der Waals surface area contributed by atoms with Crippen molar-refractivity contribution >= 4 is 11.9 Å². The van der Waals surface area contributed by atoms with Gasteiger partial charge in [0.15, 0.2) is 0 Å². The van der Waals surface area contributed by atoms with Gasteiger partial charge in [-0.2, -0.15) is 5.26 Å². The summed E-state index contributed by atoms with van der Waals surface area (Å²) in [4.78, 5) is 25.4. The van der Waals surface area contributed by atoms with E-state index >= 15 is 0 Å². The maximum Gasteiger partial charge on any atom is 0.306 e. The molecule has 0 fully saturated rings. The molecule has 0 unspecified atom stereocenters. The van der Waals surface area contributed by atoms with Crippen molar-refractivity contribution in [3.8, 4) is 6.07 Å². The summed E-state index contributed by atoms with van der Waals surface area (Å²) in [6.45, 7) is 1.30. The number of rotatable bonds is 10. The van der Waals surface area contributed by atoms with Crippen LogP contribution >= 0.6 is 0 Å². The van der Waals surface area contributed by atoms with E-state index in [-0.39, 0.29) is 31.8 Å². The first-order chi connectivity index (χ1) is 11.2. The first-order valence-corrected chi connectivity index (χ1v) is 7.50. The minimum absolute atomic E-state index is 0.0282. The molecule has 1 amide bonds. The van der Waals surface area contributed by atoms with Gasteiger partial charge in [0.25, 0.3) is 0 Å². The number of carbonyl (C=O) groups excluding carboxylic acids is 2. The van der Waals surface area contributed by atoms with Gasteiger partial charge in [-0.3, -0.25) is 9.59 Å². The normalized spacial score (nSPS) is 9.91. The van der Waals surface area contributed by atoms with Crippen molar-refractivity contribution in [1.82, 2.24) is 4.90 Å². The van der Waals surface area contributed by atoms with Crippen LogP contribution < -0.4 is 0 Å². The Kier molecular flexibility index (Phi) is 9.10. The van der Waals surface area contributed by atoms with Crippen molar-refractivity contribution < 1.29 is 19.1 Å². The van der Waals surface area contributed by atoms with E-state index in [1.165, 1.54) is 7.11 Å². The smallest absolute Gasteiger partial charge is 0.306 e. The second-order valence-electron chi connectivity index (χ2n) is 4.92. The van der Waals surface area contributed by atoms with Crippen LogP contribution in [0, 0.1) is 11.3 Å². The van der Waals surface area contributed by atoms with Gasteiger partial charge in [0.05, 0.1) is 25.5 Å². The average molecular weight is 318 g/mol. The lowest BCUT2D eigenvalue weighted by Crippen LogP contribution is -2.31. The molecule has 0 bridgehead atoms. The Labute approximate surface area is 136 Å². The van der Waals surface area contributed by atoms with E-state index in [2.05, 4.69) is 0 Å². The zero-order chi connectivity index (χ0) is 16.9. The van der Waals surface area contributed by atoms with Crippen LogP contribution in [0.1, 0.15) is 24.8 Å². The summed E-state index contributed by atoms with van der Waals surface area (Å²) in [5.41, 5.74) is 0.987. The Morgan fingerprint density at radius 1 is 1.17 bits per heavy atom. The number of carbonyl (C=O) groups is 2. The molecule has 1 aromatic rings. The van der Waals surface area contributed by atoms with Crippen LogP contribution in [-0.2, 0) is 25.6 Å². The predicted molar refractivity (Wildman–Crippen MR) is 84.2 cm³/mol. The quantitative estimate of drug-likeness (QED) is 0.486. The van der Waals surface area contributed by atoms with Gasteiger partial charge >= 0.3 is 5.97 Å². The summed E-state index contributed by atoms with van der Waals surface area (Å²) in [5.74, 6) is -0.580. The molecule has 0 aromatic heterocycles. The molecular weight excluding hydrogens is 296 g/mol. The SMILES string of the molecule is COCCOC(=O)CCC(=O)N(CCC#N)Cc1ccccc1. The van der Waals surface area contributed by atoms with Gasteiger partial charge in [0.1, 0.15) is 6.61 Å². The van der Waals surface area contributed by atoms with Crippen LogP contribution in [0.15, 0.2) is 30.3 Å². The van der Waals surface area contributed by atoms with Crippen LogP contribution in [0.5, 0.6) is 0 Å². The number of esters is 1. The number of hydrogen-bond donors (Lipinski definition) is 0. The number of methoxy groups -OCH3 is 1. The van der Waals surface area contributed by atoms with Crippen molar-refractivity contribution in [2.45, 2.75) is 25.8 Å². The number of nitrogens with zero attached hydrogens (tertiary/aromatic N) is 2. The fraction of sp³-hybridized carbons (Fsp3) is 0.471. The Hall–Kier alpha value is -2.39. The summed E-state index contributed by atoms with van der Waals surface area (Å²) in [6, 6.07) is 11.6. The molecular formula is C17H22N2O4. The number of benzene rings is 1. The average Bonchev–Trinajstić information content (AvgIpc) is 2.57. The van der Waals surface area contributed by atoms with Gasteiger partial charge < -0.3 is 14.4 Å². The summed E-state index contributed by atoms with van der Waals surface area (Å²) >= 11 is 0. The monoisotopic (exact) mass is 318 g/mol. The number of amides is 1. The molecule has 0 aliphatic carbocycles. The van der Waals surface area contributed by atoms with Crippen molar-refractivity contribution in [2.75, 3.05) is 26.9 Å². The van der Waals surface area contributed by atoms with Crippen LogP contribution in [0.3, 0.4) is 0 Å². The minimum Gasteiger partial charge on any atom is -0.463 e. The highest BCUT2D eigenvalue weighted by Crippen LogP contribution is 2.08. The third-order valence-electron chi connectivity index (χ3n) is 3.16. The molecule has 23 heavy (non-hydrogen) atoms. The summed E-state index contributed by atoms with van der Waals surface area (Å²) < 4.78 is 9.71. The van der Waals surface area contributed by atoms with E-state index in [4.69, 9.17) is 14.7 Å². The van der Waals surface area contributed by atoms with Crippen LogP contribution in [-0.4, -0.2) is 43.6 Å². The summed E-state index contributed by atoms with van der Waals surface area (Å²) in [5, 5.41) is 8.73. The molecule has 0 aliphatic heterocycles. The Bertz CT molecular complexity index is 525. The van der Waals surface area contributed by atoms with Crippen molar-refractivity contribution in [1.29, 1.82) is 5.26 Å². The third-order valence-corrected chi connectivity index (χ3v) is 3.16. The molecule has 1 rings (SSSR count). The van der Waals surface area contributed by atoms with E-state index in [1.807, 2.05) is 36.4 Å². The topological polar surface area (TPSA) is 79.6 Å². The highest BCUT2D eigenvalue weighted by atomic mass is 16.6. The molecule has 0 N–H and O–H groups in total. The number of ether oxygens (including phenoxy) is 2. The highest BCUT2D eigenvalue weighted by molar-refractivity contribution is 5.81. The molecule has 6 nitrogen and oxygen atoms in total. The van der Waals surface area contributed by atoms with Gasteiger partial charge in [-0.15, -0.1) is 0 Å². The third kappa shape index (κ3) is 7.98. The Morgan fingerprint density at radius 3 is 2.57 bits per heavy atom. The molecule has 0 radical (unpaired) electrons. The van der Waals surface area contributed by atoms with Gasteiger partial charge in [0, 0.05) is 26.6 Å². The van der Waals surface area contributed by atoms with E-state index in [9.17, 15) is 9.59 Å². The zero-order valence-corrected chi connectivity index (χ0v) is 13.4. The van der Waals surface area contributed by atoms with Crippen LogP contribution in [0.4, 0.5) is 0 Å².